The quantitative estimate of drug-likeness (QED) is 0.672. The number of benzene rings is 1. The van der Waals surface area contributed by atoms with Gasteiger partial charge < -0.3 is 4.74 Å². The molecular formula is C9H8F2O2. The van der Waals surface area contributed by atoms with E-state index in [1.807, 2.05) is 0 Å². The molecule has 0 aliphatic heterocycles. The first kappa shape index (κ1) is 9.64. The summed E-state index contributed by atoms with van der Waals surface area (Å²) in [7, 11) is 0. The van der Waals surface area contributed by atoms with Gasteiger partial charge in [0.25, 0.3) is 0 Å². The predicted molar refractivity (Wildman–Crippen MR) is 43.3 cm³/mol. The molecule has 0 heterocycles. The van der Waals surface area contributed by atoms with Crippen LogP contribution in [0.25, 0.3) is 0 Å². The highest BCUT2D eigenvalue weighted by Gasteiger charge is 2.03. The molecule has 70 valence electrons. The molecule has 0 aliphatic carbocycles. The van der Waals surface area contributed by atoms with E-state index in [9.17, 15) is 13.6 Å². The molecule has 1 aromatic rings. The molecule has 0 aromatic heterocycles. The number of hydrogen-bond acceptors (Lipinski definition) is 2. The predicted octanol–water partition coefficient (Wildman–Crippen LogP) is 1.99. The Balaban J connectivity index is 2.83. The fourth-order valence-electron chi connectivity index (χ4n) is 0.852. The maximum atomic E-state index is 12.9. The number of carbonyl (C=O) groups is 1. The summed E-state index contributed by atoms with van der Waals surface area (Å²) in [6.45, 7) is -0.899. The van der Waals surface area contributed by atoms with Gasteiger partial charge in [-0.3, -0.25) is 4.79 Å². The summed E-state index contributed by atoms with van der Waals surface area (Å²) in [6, 6.07) is 3.67. The van der Waals surface area contributed by atoms with Crippen LogP contribution in [0.4, 0.5) is 8.78 Å². The molecule has 0 spiro atoms. The van der Waals surface area contributed by atoms with Gasteiger partial charge in [0, 0.05) is 5.56 Å². The van der Waals surface area contributed by atoms with Crippen LogP contribution in [0.2, 0.25) is 0 Å². The fourth-order valence-corrected chi connectivity index (χ4v) is 0.852. The zero-order chi connectivity index (χ0) is 9.68. The van der Waals surface area contributed by atoms with E-state index >= 15 is 0 Å². The van der Waals surface area contributed by atoms with Crippen molar-refractivity contribution >= 4 is 6.29 Å². The van der Waals surface area contributed by atoms with Crippen molar-refractivity contribution in [3.05, 3.63) is 29.6 Å². The zero-order valence-corrected chi connectivity index (χ0v) is 6.80. The lowest BCUT2D eigenvalue weighted by Gasteiger charge is -2.04. The monoisotopic (exact) mass is 186 g/mol. The molecule has 2 nitrogen and oxygen atoms in total. The largest absolute Gasteiger partial charge is 0.488 e. The number of rotatable bonds is 4. The molecule has 0 unspecified atom stereocenters. The first-order chi connectivity index (χ1) is 6.27. The maximum Gasteiger partial charge on any atom is 0.165 e. The lowest BCUT2D eigenvalue weighted by atomic mass is 10.2. The van der Waals surface area contributed by atoms with Gasteiger partial charge in [0.2, 0.25) is 0 Å². The van der Waals surface area contributed by atoms with Crippen LogP contribution in [0.5, 0.6) is 5.75 Å². The Morgan fingerprint density at radius 1 is 1.46 bits per heavy atom. The standard InChI is InChI=1S/C9H8F2O2/c10-3-4-13-9-5-7(6-12)1-2-8(9)11/h1-2,5-6H,3-4H2. The molecule has 1 rings (SSSR count). The Morgan fingerprint density at radius 2 is 2.23 bits per heavy atom. The second-order valence-electron chi connectivity index (χ2n) is 2.35. The molecular weight excluding hydrogens is 178 g/mol. The van der Waals surface area contributed by atoms with E-state index in [1.165, 1.54) is 12.1 Å². The van der Waals surface area contributed by atoms with Gasteiger partial charge in [-0.05, 0) is 18.2 Å². The van der Waals surface area contributed by atoms with E-state index in [2.05, 4.69) is 0 Å². The summed E-state index contributed by atoms with van der Waals surface area (Å²) >= 11 is 0. The van der Waals surface area contributed by atoms with Gasteiger partial charge in [-0.25, -0.2) is 8.78 Å². The summed E-state index contributed by atoms with van der Waals surface area (Å²) in [5, 5.41) is 0. The Kier molecular flexibility index (Phi) is 3.37. The van der Waals surface area contributed by atoms with Crippen molar-refractivity contribution in [1.82, 2.24) is 0 Å². The number of halogens is 2. The molecule has 0 fully saturated rings. The lowest BCUT2D eigenvalue weighted by molar-refractivity contribution is 0.112. The topological polar surface area (TPSA) is 26.3 Å². The van der Waals surface area contributed by atoms with Crippen molar-refractivity contribution in [2.75, 3.05) is 13.3 Å². The summed E-state index contributed by atoms with van der Waals surface area (Å²) in [5.41, 5.74) is 0.301. The minimum Gasteiger partial charge on any atom is -0.488 e. The normalized spacial score (nSPS) is 9.69. The lowest BCUT2D eigenvalue weighted by Crippen LogP contribution is -2.01. The fraction of sp³-hybridized carbons (Fsp3) is 0.222. The molecule has 0 aliphatic rings. The molecule has 4 heteroatoms. The third-order valence-corrected chi connectivity index (χ3v) is 1.43. The van der Waals surface area contributed by atoms with E-state index in [0.29, 0.717) is 11.8 Å². The van der Waals surface area contributed by atoms with Crippen LogP contribution in [-0.2, 0) is 0 Å². The highest BCUT2D eigenvalue weighted by molar-refractivity contribution is 5.75. The van der Waals surface area contributed by atoms with Crippen LogP contribution in [0.15, 0.2) is 18.2 Å². The van der Waals surface area contributed by atoms with E-state index in [1.54, 1.807) is 0 Å². The molecule has 0 N–H and O–H groups in total. The Labute approximate surface area is 74.1 Å². The molecule has 1 aromatic carbocycles. The van der Waals surface area contributed by atoms with Gasteiger partial charge in [-0.2, -0.15) is 0 Å². The van der Waals surface area contributed by atoms with Gasteiger partial charge in [-0.15, -0.1) is 0 Å². The van der Waals surface area contributed by atoms with E-state index in [0.717, 1.165) is 6.07 Å². The molecule has 0 bridgehead atoms. The maximum absolute atomic E-state index is 12.9. The molecule has 0 saturated carbocycles. The highest BCUT2D eigenvalue weighted by Crippen LogP contribution is 2.17. The Morgan fingerprint density at radius 3 is 2.85 bits per heavy atom. The molecule has 0 radical (unpaired) electrons. The molecule has 0 amide bonds. The van der Waals surface area contributed by atoms with Crippen molar-refractivity contribution in [2.45, 2.75) is 0 Å². The van der Waals surface area contributed by atoms with Crippen molar-refractivity contribution in [2.24, 2.45) is 0 Å². The molecule has 13 heavy (non-hydrogen) atoms. The SMILES string of the molecule is O=Cc1ccc(F)c(OCCF)c1. The molecule has 0 atom stereocenters. The average molecular weight is 186 g/mol. The number of alkyl halides is 1. The van der Waals surface area contributed by atoms with Crippen LogP contribution in [0.3, 0.4) is 0 Å². The third kappa shape index (κ3) is 2.50. The minimum atomic E-state index is -0.690. The van der Waals surface area contributed by atoms with Gasteiger partial charge in [-0.1, -0.05) is 0 Å². The first-order valence-electron chi connectivity index (χ1n) is 3.71. The molecule has 0 saturated heterocycles. The Bertz CT molecular complexity index is 300. The van der Waals surface area contributed by atoms with Crippen LogP contribution in [0, 0.1) is 5.82 Å². The van der Waals surface area contributed by atoms with Crippen LogP contribution < -0.4 is 4.74 Å². The second kappa shape index (κ2) is 4.54. The Hall–Kier alpha value is -1.45. The van der Waals surface area contributed by atoms with E-state index in [-0.39, 0.29) is 12.4 Å². The summed E-state index contributed by atoms with van der Waals surface area (Å²) in [6.07, 6.45) is 0.571. The third-order valence-electron chi connectivity index (χ3n) is 1.43. The van der Waals surface area contributed by atoms with E-state index in [4.69, 9.17) is 4.74 Å². The van der Waals surface area contributed by atoms with E-state index < -0.39 is 12.5 Å². The number of aldehydes is 1. The highest BCUT2D eigenvalue weighted by atomic mass is 19.1. The smallest absolute Gasteiger partial charge is 0.165 e. The van der Waals surface area contributed by atoms with Crippen LogP contribution >= 0.6 is 0 Å². The van der Waals surface area contributed by atoms with Crippen molar-refractivity contribution < 1.29 is 18.3 Å². The van der Waals surface area contributed by atoms with Crippen molar-refractivity contribution in [1.29, 1.82) is 0 Å². The average Bonchev–Trinajstić information content (AvgIpc) is 2.17. The van der Waals surface area contributed by atoms with Gasteiger partial charge in [0.1, 0.15) is 19.6 Å². The number of carbonyl (C=O) groups excluding carboxylic acids is 1. The van der Waals surface area contributed by atoms with Gasteiger partial charge >= 0.3 is 0 Å². The number of ether oxygens (including phenoxy) is 1. The van der Waals surface area contributed by atoms with Gasteiger partial charge in [0.15, 0.2) is 11.6 Å². The van der Waals surface area contributed by atoms with Crippen LogP contribution in [0.1, 0.15) is 10.4 Å². The number of hydrogen-bond donors (Lipinski definition) is 0. The summed E-state index contributed by atoms with van der Waals surface area (Å²) in [5.74, 6) is -0.693. The van der Waals surface area contributed by atoms with Crippen molar-refractivity contribution in [3.8, 4) is 5.75 Å². The second-order valence-corrected chi connectivity index (χ2v) is 2.35. The minimum absolute atomic E-state index is 0.0951. The zero-order valence-electron chi connectivity index (χ0n) is 6.80. The first-order valence-corrected chi connectivity index (χ1v) is 3.71. The summed E-state index contributed by atoms with van der Waals surface area (Å²) in [4.78, 5) is 10.3. The summed E-state index contributed by atoms with van der Waals surface area (Å²) < 4.78 is 29.3. The van der Waals surface area contributed by atoms with Crippen molar-refractivity contribution in [3.63, 3.8) is 0 Å². The van der Waals surface area contributed by atoms with Crippen LogP contribution in [-0.4, -0.2) is 19.6 Å². The van der Waals surface area contributed by atoms with Gasteiger partial charge in [0.05, 0.1) is 0 Å².